The van der Waals surface area contributed by atoms with Gasteiger partial charge in [-0.15, -0.1) is 0 Å². The highest BCUT2D eigenvalue weighted by molar-refractivity contribution is 9.10. The summed E-state index contributed by atoms with van der Waals surface area (Å²) in [6.07, 6.45) is 1.10. The SMILES string of the molecule is CCN(CC)CCCNCc1cc(Br)ccc1OCC(=O)Nc1ccc(C)cc1. The van der Waals surface area contributed by atoms with E-state index in [-0.39, 0.29) is 12.5 Å². The molecule has 0 aliphatic carbocycles. The summed E-state index contributed by atoms with van der Waals surface area (Å²) in [6.45, 7) is 11.3. The molecule has 2 rings (SSSR count). The predicted molar refractivity (Wildman–Crippen MR) is 124 cm³/mol. The smallest absolute Gasteiger partial charge is 0.262 e. The van der Waals surface area contributed by atoms with Crippen molar-refractivity contribution in [1.29, 1.82) is 0 Å². The standard InChI is InChI=1S/C23H32BrN3O2/c1-4-27(5-2)14-6-13-25-16-19-15-20(24)9-12-22(19)29-17-23(28)26-21-10-7-18(3)8-11-21/h7-12,15,25H,4-6,13-14,16-17H2,1-3H3,(H,26,28). The second kappa shape index (κ2) is 12.6. The topological polar surface area (TPSA) is 53.6 Å². The third kappa shape index (κ3) is 8.56. The van der Waals surface area contributed by atoms with Gasteiger partial charge in [0.2, 0.25) is 0 Å². The Balaban J connectivity index is 1.82. The molecule has 0 fully saturated rings. The van der Waals surface area contributed by atoms with Crippen molar-refractivity contribution in [2.45, 2.75) is 33.7 Å². The van der Waals surface area contributed by atoms with E-state index in [1.54, 1.807) is 0 Å². The molecule has 0 atom stereocenters. The minimum atomic E-state index is -0.171. The van der Waals surface area contributed by atoms with Crippen LogP contribution in [0, 0.1) is 6.92 Å². The number of aryl methyl sites for hydroxylation is 1. The number of ether oxygens (including phenoxy) is 1. The maximum Gasteiger partial charge on any atom is 0.262 e. The monoisotopic (exact) mass is 461 g/mol. The number of amides is 1. The number of hydrogen-bond acceptors (Lipinski definition) is 4. The summed E-state index contributed by atoms with van der Waals surface area (Å²) in [4.78, 5) is 14.6. The summed E-state index contributed by atoms with van der Waals surface area (Å²) in [5.41, 5.74) is 2.96. The van der Waals surface area contributed by atoms with Crippen LogP contribution in [0.1, 0.15) is 31.4 Å². The van der Waals surface area contributed by atoms with Crippen LogP contribution < -0.4 is 15.4 Å². The van der Waals surface area contributed by atoms with E-state index in [0.717, 1.165) is 59.6 Å². The summed E-state index contributed by atoms with van der Waals surface area (Å²) in [5.74, 6) is 0.554. The molecule has 2 aromatic rings. The fourth-order valence-corrected chi connectivity index (χ4v) is 3.40. The highest BCUT2D eigenvalue weighted by atomic mass is 79.9. The average Bonchev–Trinajstić information content (AvgIpc) is 2.72. The van der Waals surface area contributed by atoms with Gasteiger partial charge < -0.3 is 20.3 Å². The molecule has 158 valence electrons. The Hall–Kier alpha value is -1.89. The largest absolute Gasteiger partial charge is 0.483 e. The van der Waals surface area contributed by atoms with Crippen LogP contribution in [0.3, 0.4) is 0 Å². The summed E-state index contributed by atoms with van der Waals surface area (Å²) in [7, 11) is 0. The Bertz CT molecular complexity index is 761. The van der Waals surface area contributed by atoms with Gasteiger partial charge in [0, 0.05) is 22.3 Å². The molecule has 0 aliphatic rings. The van der Waals surface area contributed by atoms with E-state index in [2.05, 4.69) is 45.3 Å². The van der Waals surface area contributed by atoms with Gasteiger partial charge in [-0.3, -0.25) is 4.79 Å². The maximum atomic E-state index is 12.2. The summed E-state index contributed by atoms with van der Waals surface area (Å²) in [5, 5.41) is 6.34. The number of carbonyl (C=O) groups excluding carboxylic acids is 1. The van der Waals surface area contributed by atoms with Crippen molar-refractivity contribution in [3.05, 3.63) is 58.1 Å². The Labute approximate surface area is 183 Å². The van der Waals surface area contributed by atoms with Gasteiger partial charge in [-0.1, -0.05) is 47.5 Å². The number of halogens is 1. The maximum absolute atomic E-state index is 12.2. The number of carbonyl (C=O) groups is 1. The van der Waals surface area contributed by atoms with Crippen molar-refractivity contribution >= 4 is 27.5 Å². The first-order valence-corrected chi connectivity index (χ1v) is 11.0. The lowest BCUT2D eigenvalue weighted by atomic mass is 10.2. The Morgan fingerprint density at radius 2 is 1.83 bits per heavy atom. The van der Waals surface area contributed by atoms with Gasteiger partial charge in [-0.2, -0.15) is 0 Å². The minimum Gasteiger partial charge on any atom is -0.483 e. The van der Waals surface area contributed by atoms with Crippen LogP contribution in [0.25, 0.3) is 0 Å². The third-order valence-electron chi connectivity index (χ3n) is 4.75. The number of hydrogen-bond donors (Lipinski definition) is 2. The number of benzene rings is 2. The van der Waals surface area contributed by atoms with Crippen molar-refractivity contribution in [3.8, 4) is 5.75 Å². The third-order valence-corrected chi connectivity index (χ3v) is 5.25. The molecule has 2 aromatic carbocycles. The lowest BCUT2D eigenvalue weighted by Crippen LogP contribution is -2.27. The predicted octanol–water partition coefficient (Wildman–Crippen LogP) is 4.60. The number of nitrogens with one attached hydrogen (secondary N) is 2. The van der Waals surface area contributed by atoms with Gasteiger partial charge in [-0.25, -0.2) is 0 Å². The summed E-state index contributed by atoms with van der Waals surface area (Å²) in [6, 6.07) is 13.6. The van der Waals surface area contributed by atoms with E-state index in [9.17, 15) is 4.79 Å². The average molecular weight is 462 g/mol. The van der Waals surface area contributed by atoms with Crippen LogP contribution in [0.2, 0.25) is 0 Å². The highest BCUT2D eigenvalue weighted by Crippen LogP contribution is 2.23. The van der Waals surface area contributed by atoms with Crippen molar-refractivity contribution in [2.24, 2.45) is 0 Å². The Morgan fingerprint density at radius 1 is 1.10 bits per heavy atom. The quantitative estimate of drug-likeness (QED) is 0.453. The van der Waals surface area contributed by atoms with Crippen LogP contribution in [-0.4, -0.2) is 43.6 Å². The molecule has 2 N–H and O–H groups in total. The molecule has 29 heavy (non-hydrogen) atoms. The fraction of sp³-hybridized carbons (Fsp3) is 0.435. The molecule has 0 radical (unpaired) electrons. The first-order chi connectivity index (χ1) is 14.0. The zero-order valence-corrected chi connectivity index (χ0v) is 19.2. The van der Waals surface area contributed by atoms with Crippen LogP contribution in [-0.2, 0) is 11.3 Å². The van der Waals surface area contributed by atoms with E-state index in [0.29, 0.717) is 6.54 Å². The van der Waals surface area contributed by atoms with Crippen LogP contribution in [0.15, 0.2) is 46.9 Å². The van der Waals surface area contributed by atoms with Gasteiger partial charge in [-0.05, 0) is 69.9 Å². The normalized spacial score (nSPS) is 10.9. The Morgan fingerprint density at radius 3 is 2.52 bits per heavy atom. The molecule has 1 amide bonds. The zero-order valence-electron chi connectivity index (χ0n) is 17.6. The molecule has 0 heterocycles. The minimum absolute atomic E-state index is 0.0233. The van der Waals surface area contributed by atoms with Gasteiger partial charge >= 0.3 is 0 Å². The molecule has 0 saturated carbocycles. The molecule has 0 spiro atoms. The molecule has 6 heteroatoms. The van der Waals surface area contributed by atoms with Crippen LogP contribution >= 0.6 is 15.9 Å². The van der Waals surface area contributed by atoms with Gasteiger partial charge in [0.05, 0.1) is 0 Å². The van der Waals surface area contributed by atoms with E-state index >= 15 is 0 Å². The second-order valence-electron chi connectivity index (χ2n) is 7.01. The highest BCUT2D eigenvalue weighted by Gasteiger charge is 2.09. The second-order valence-corrected chi connectivity index (χ2v) is 7.93. The lowest BCUT2D eigenvalue weighted by Gasteiger charge is -2.18. The van der Waals surface area contributed by atoms with Gasteiger partial charge in [0.25, 0.3) is 5.91 Å². The number of anilines is 1. The lowest BCUT2D eigenvalue weighted by molar-refractivity contribution is -0.118. The summed E-state index contributed by atoms with van der Waals surface area (Å²) >= 11 is 3.52. The van der Waals surface area contributed by atoms with Gasteiger partial charge in [0.15, 0.2) is 6.61 Å². The van der Waals surface area contributed by atoms with Crippen LogP contribution in [0.4, 0.5) is 5.69 Å². The molecule has 0 unspecified atom stereocenters. The van der Waals surface area contributed by atoms with E-state index in [1.807, 2.05) is 49.4 Å². The first-order valence-electron chi connectivity index (χ1n) is 10.2. The molecule has 0 aliphatic heterocycles. The van der Waals surface area contributed by atoms with E-state index in [1.165, 1.54) is 0 Å². The molecule has 0 aromatic heterocycles. The zero-order chi connectivity index (χ0) is 21.1. The molecular formula is C23H32BrN3O2. The number of rotatable bonds is 12. The van der Waals surface area contributed by atoms with Crippen LogP contribution in [0.5, 0.6) is 5.75 Å². The molecule has 5 nitrogen and oxygen atoms in total. The molecule has 0 saturated heterocycles. The van der Waals surface area contributed by atoms with Crippen molar-refractivity contribution in [2.75, 3.05) is 38.1 Å². The number of nitrogens with zero attached hydrogens (tertiary/aromatic N) is 1. The van der Waals surface area contributed by atoms with Crippen molar-refractivity contribution in [1.82, 2.24) is 10.2 Å². The Kier molecular flexibility index (Phi) is 10.2. The fourth-order valence-electron chi connectivity index (χ4n) is 2.99. The van der Waals surface area contributed by atoms with Crippen molar-refractivity contribution < 1.29 is 9.53 Å². The van der Waals surface area contributed by atoms with Gasteiger partial charge in [0.1, 0.15) is 5.75 Å². The first kappa shape index (κ1) is 23.4. The van der Waals surface area contributed by atoms with E-state index < -0.39 is 0 Å². The molecule has 0 bridgehead atoms. The van der Waals surface area contributed by atoms with Crippen molar-refractivity contribution in [3.63, 3.8) is 0 Å². The summed E-state index contributed by atoms with van der Waals surface area (Å²) < 4.78 is 6.79. The van der Waals surface area contributed by atoms with E-state index in [4.69, 9.17) is 4.74 Å². The molecular weight excluding hydrogens is 430 g/mol.